The number of benzene rings is 1. The fourth-order valence-corrected chi connectivity index (χ4v) is 2.34. The first-order valence-electron chi connectivity index (χ1n) is 6.64. The summed E-state index contributed by atoms with van der Waals surface area (Å²) >= 11 is 0. The zero-order valence-electron chi connectivity index (χ0n) is 11.9. The average molecular weight is 277 g/mol. The summed E-state index contributed by atoms with van der Waals surface area (Å²) in [5.41, 5.74) is 0.582. The molecular weight excluding hydrogens is 258 g/mol. The van der Waals surface area contributed by atoms with Gasteiger partial charge in [-0.15, -0.1) is 0 Å². The average Bonchev–Trinajstić information content (AvgIpc) is 3.21. The van der Waals surface area contributed by atoms with E-state index < -0.39 is 4.92 Å². The minimum absolute atomic E-state index is 0.00798. The van der Waals surface area contributed by atoms with E-state index in [0.717, 1.165) is 12.8 Å². The van der Waals surface area contributed by atoms with Crippen LogP contribution in [0.3, 0.4) is 0 Å². The van der Waals surface area contributed by atoms with Crippen molar-refractivity contribution in [1.29, 1.82) is 0 Å². The van der Waals surface area contributed by atoms with E-state index in [1.54, 1.807) is 6.07 Å². The number of nitrogens with one attached hydrogen (secondary N) is 2. The van der Waals surface area contributed by atoms with Gasteiger partial charge in [0.15, 0.2) is 0 Å². The molecule has 1 aromatic rings. The highest BCUT2D eigenvalue weighted by atomic mass is 16.6. The third-order valence-electron chi connectivity index (χ3n) is 3.74. The summed E-state index contributed by atoms with van der Waals surface area (Å²) in [5, 5.41) is 16.9. The number of nitrogens with zero attached hydrogens (tertiary/aromatic N) is 1. The molecule has 1 aliphatic carbocycles. The van der Waals surface area contributed by atoms with Crippen LogP contribution in [0.15, 0.2) is 18.2 Å². The molecule has 0 atom stereocenters. The number of anilines is 1. The summed E-state index contributed by atoms with van der Waals surface area (Å²) in [7, 11) is 1.53. The summed E-state index contributed by atoms with van der Waals surface area (Å²) < 4.78 is 0. The van der Waals surface area contributed by atoms with Crippen LogP contribution in [0.2, 0.25) is 0 Å². The SMILES string of the molecule is CNC(=O)c1ccc([N+](=O)[O-])c(NC(C)(C)C2CC2)c1. The molecule has 0 aromatic heterocycles. The van der Waals surface area contributed by atoms with Crippen LogP contribution in [0.1, 0.15) is 37.0 Å². The van der Waals surface area contributed by atoms with Crippen molar-refractivity contribution in [1.82, 2.24) is 5.32 Å². The van der Waals surface area contributed by atoms with Crippen LogP contribution in [0.5, 0.6) is 0 Å². The van der Waals surface area contributed by atoms with Gasteiger partial charge in [-0.05, 0) is 44.7 Å². The predicted molar refractivity (Wildman–Crippen MR) is 76.9 cm³/mol. The van der Waals surface area contributed by atoms with Crippen molar-refractivity contribution < 1.29 is 9.72 Å². The molecule has 0 radical (unpaired) electrons. The number of carbonyl (C=O) groups excluding carboxylic acids is 1. The van der Waals surface area contributed by atoms with Gasteiger partial charge >= 0.3 is 0 Å². The third kappa shape index (κ3) is 2.89. The van der Waals surface area contributed by atoms with Crippen LogP contribution in [0, 0.1) is 16.0 Å². The van der Waals surface area contributed by atoms with Crippen molar-refractivity contribution in [2.45, 2.75) is 32.2 Å². The Kier molecular flexibility index (Phi) is 3.65. The first kappa shape index (κ1) is 14.3. The molecule has 1 fully saturated rings. The van der Waals surface area contributed by atoms with Crippen LogP contribution >= 0.6 is 0 Å². The van der Waals surface area contributed by atoms with Gasteiger partial charge in [-0.25, -0.2) is 0 Å². The maximum absolute atomic E-state index is 11.6. The van der Waals surface area contributed by atoms with Gasteiger partial charge in [0.2, 0.25) is 0 Å². The summed E-state index contributed by atoms with van der Waals surface area (Å²) in [4.78, 5) is 22.3. The second kappa shape index (κ2) is 5.11. The molecule has 0 bridgehead atoms. The van der Waals surface area contributed by atoms with E-state index in [9.17, 15) is 14.9 Å². The first-order valence-corrected chi connectivity index (χ1v) is 6.64. The van der Waals surface area contributed by atoms with Gasteiger partial charge in [-0.3, -0.25) is 14.9 Å². The van der Waals surface area contributed by atoms with Crippen LogP contribution in [0.25, 0.3) is 0 Å². The third-order valence-corrected chi connectivity index (χ3v) is 3.74. The summed E-state index contributed by atoms with van der Waals surface area (Å²) in [5.74, 6) is 0.262. The predicted octanol–water partition coefficient (Wildman–Crippen LogP) is 2.55. The van der Waals surface area contributed by atoms with Gasteiger partial charge in [0.1, 0.15) is 5.69 Å². The van der Waals surface area contributed by atoms with Gasteiger partial charge in [0, 0.05) is 24.2 Å². The second-order valence-electron chi connectivity index (χ2n) is 5.69. The molecule has 0 unspecified atom stereocenters. The van der Waals surface area contributed by atoms with E-state index in [1.807, 2.05) is 13.8 Å². The van der Waals surface area contributed by atoms with E-state index in [2.05, 4.69) is 10.6 Å². The highest BCUT2D eigenvalue weighted by Gasteiger charge is 2.38. The standard InChI is InChI=1S/C14H19N3O3/c1-14(2,10-5-6-10)16-11-8-9(13(18)15-3)4-7-12(11)17(19)20/h4,7-8,10,16H,5-6H2,1-3H3,(H,15,18). The lowest BCUT2D eigenvalue weighted by Crippen LogP contribution is -2.33. The number of rotatable bonds is 5. The molecule has 1 saturated carbocycles. The smallest absolute Gasteiger partial charge is 0.292 e. The van der Waals surface area contributed by atoms with Crippen molar-refractivity contribution in [3.05, 3.63) is 33.9 Å². The second-order valence-corrected chi connectivity index (χ2v) is 5.69. The van der Waals surface area contributed by atoms with Gasteiger partial charge in [0.05, 0.1) is 4.92 Å². The highest BCUT2D eigenvalue weighted by Crippen LogP contribution is 2.42. The monoisotopic (exact) mass is 277 g/mol. The van der Waals surface area contributed by atoms with Gasteiger partial charge in [-0.1, -0.05) is 0 Å². The minimum atomic E-state index is -0.432. The van der Waals surface area contributed by atoms with Crippen LogP contribution in [0.4, 0.5) is 11.4 Å². The fourth-order valence-electron chi connectivity index (χ4n) is 2.34. The molecule has 0 aliphatic heterocycles. The lowest BCUT2D eigenvalue weighted by Gasteiger charge is -2.27. The molecular formula is C14H19N3O3. The Labute approximate surface area is 117 Å². The van der Waals surface area contributed by atoms with Gasteiger partial charge in [0.25, 0.3) is 11.6 Å². The summed E-state index contributed by atoms with van der Waals surface area (Å²) in [6.07, 6.45) is 2.26. The first-order chi connectivity index (χ1) is 9.35. The Morgan fingerprint density at radius 3 is 2.55 bits per heavy atom. The molecule has 1 aromatic carbocycles. The molecule has 0 spiro atoms. The Bertz CT molecular complexity index is 551. The molecule has 1 amide bonds. The summed E-state index contributed by atoms with van der Waals surface area (Å²) in [6.45, 7) is 4.06. The number of hydrogen-bond acceptors (Lipinski definition) is 4. The van der Waals surface area contributed by atoms with Crippen LogP contribution in [-0.2, 0) is 0 Å². The number of amides is 1. The van der Waals surface area contributed by atoms with Crippen molar-refractivity contribution in [2.75, 3.05) is 12.4 Å². The fraction of sp³-hybridized carbons (Fsp3) is 0.500. The highest BCUT2D eigenvalue weighted by molar-refractivity contribution is 5.95. The van der Waals surface area contributed by atoms with Crippen molar-refractivity contribution >= 4 is 17.3 Å². The lowest BCUT2D eigenvalue weighted by atomic mass is 9.97. The molecule has 2 N–H and O–H groups in total. The van der Waals surface area contributed by atoms with Crippen molar-refractivity contribution in [2.24, 2.45) is 5.92 Å². The zero-order chi connectivity index (χ0) is 14.9. The van der Waals surface area contributed by atoms with Crippen LogP contribution in [-0.4, -0.2) is 23.4 Å². The lowest BCUT2D eigenvalue weighted by molar-refractivity contribution is -0.384. The molecule has 6 nitrogen and oxygen atoms in total. The van der Waals surface area contributed by atoms with E-state index in [-0.39, 0.29) is 17.1 Å². The molecule has 1 aliphatic rings. The van der Waals surface area contributed by atoms with Crippen molar-refractivity contribution in [3.8, 4) is 0 Å². The molecule has 6 heteroatoms. The Balaban J connectivity index is 2.36. The quantitative estimate of drug-likeness (QED) is 0.640. The molecule has 108 valence electrons. The maximum atomic E-state index is 11.6. The number of nitro benzene ring substituents is 1. The Morgan fingerprint density at radius 2 is 2.05 bits per heavy atom. The van der Waals surface area contributed by atoms with E-state index in [0.29, 0.717) is 17.2 Å². The van der Waals surface area contributed by atoms with Gasteiger partial charge in [-0.2, -0.15) is 0 Å². The maximum Gasteiger partial charge on any atom is 0.292 e. The molecule has 0 heterocycles. The van der Waals surface area contributed by atoms with Gasteiger partial charge < -0.3 is 10.6 Å². The van der Waals surface area contributed by atoms with Crippen molar-refractivity contribution in [3.63, 3.8) is 0 Å². The van der Waals surface area contributed by atoms with E-state index in [1.165, 1.54) is 19.2 Å². The number of nitro groups is 1. The number of carbonyl (C=O) groups is 1. The molecule has 0 saturated heterocycles. The summed E-state index contributed by atoms with van der Waals surface area (Å²) in [6, 6.07) is 4.38. The Hall–Kier alpha value is -2.11. The Morgan fingerprint density at radius 1 is 1.40 bits per heavy atom. The van der Waals surface area contributed by atoms with Crippen LogP contribution < -0.4 is 10.6 Å². The van der Waals surface area contributed by atoms with E-state index in [4.69, 9.17) is 0 Å². The largest absolute Gasteiger partial charge is 0.374 e. The number of hydrogen-bond donors (Lipinski definition) is 2. The molecule has 2 rings (SSSR count). The molecule has 20 heavy (non-hydrogen) atoms. The topological polar surface area (TPSA) is 84.3 Å². The van der Waals surface area contributed by atoms with E-state index >= 15 is 0 Å². The minimum Gasteiger partial charge on any atom is -0.374 e. The zero-order valence-corrected chi connectivity index (χ0v) is 11.9. The normalized spacial score (nSPS) is 14.8.